The number of imide groups is 1. The van der Waals surface area contributed by atoms with Crippen molar-refractivity contribution in [1.82, 2.24) is 20.2 Å². The molecule has 64 heavy (non-hydrogen) atoms. The first-order valence-electron chi connectivity index (χ1n) is 23.8. The van der Waals surface area contributed by atoms with Crippen molar-refractivity contribution in [1.29, 1.82) is 0 Å². The van der Waals surface area contributed by atoms with Crippen LogP contribution in [-0.2, 0) is 29.6 Å². The highest BCUT2D eigenvalue weighted by Gasteiger charge is 2.57. The van der Waals surface area contributed by atoms with Gasteiger partial charge >= 0.3 is 0 Å². The number of rotatable bonds is 9. The number of likely N-dealkylation sites (tertiary alicyclic amines) is 1. The van der Waals surface area contributed by atoms with E-state index in [1.165, 1.54) is 0 Å². The molecule has 3 amide bonds. The zero-order valence-corrected chi connectivity index (χ0v) is 37.9. The van der Waals surface area contributed by atoms with E-state index in [4.69, 9.17) is 4.98 Å². The van der Waals surface area contributed by atoms with Crippen molar-refractivity contribution in [3.63, 3.8) is 0 Å². The number of halogens is 1. The van der Waals surface area contributed by atoms with E-state index in [2.05, 4.69) is 25.4 Å². The van der Waals surface area contributed by atoms with Gasteiger partial charge in [-0.1, -0.05) is 19.3 Å². The molecule has 5 aliphatic heterocycles. The van der Waals surface area contributed by atoms with Gasteiger partial charge in [-0.2, -0.15) is 4.98 Å². The van der Waals surface area contributed by atoms with Gasteiger partial charge in [0.2, 0.25) is 23.7 Å². The van der Waals surface area contributed by atoms with Gasteiger partial charge in [0.15, 0.2) is 15.7 Å². The van der Waals surface area contributed by atoms with Gasteiger partial charge in [-0.15, -0.1) is 0 Å². The number of hydrogen-bond donors (Lipinski definition) is 2. The molecule has 2 aromatic carbocycles. The molecule has 0 radical (unpaired) electrons. The van der Waals surface area contributed by atoms with Crippen LogP contribution >= 0.6 is 0 Å². The fraction of sp³-hybridized carbons (Fsp3) is 0.604. The molecular weight excluding hydrogens is 834 g/mol. The average molecular weight is 894 g/mol. The predicted octanol–water partition coefficient (Wildman–Crippen LogP) is 6.33. The standard InChI is InChI=1S/C48H60FN9O5S/c1-30-24-33(8-9-36(30)51-46-50-27-35-43(53-46)58(32-6-3-4-7-32)45(61)48(35)16-5-17-48)64(62,63)34-25-47(26-34)18-22-55(23-19-47)28-31-14-20-56(21-15-31)37-10-11-38-42(41(37)49)54(2)29-57(38)39-12-13-40(59)52-44(39)60/h8-11,24,27,31-32,34,39H,3-7,12-23,25-26,28-29H2,1-2H3,(H,50,51,53)(H,52,59,60). The predicted molar refractivity (Wildman–Crippen MR) is 243 cm³/mol. The molecule has 3 aromatic rings. The van der Waals surface area contributed by atoms with E-state index in [9.17, 15) is 22.8 Å². The molecule has 6 heterocycles. The maximum Gasteiger partial charge on any atom is 0.249 e. The Labute approximate surface area is 375 Å². The Morgan fingerprint density at radius 2 is 1.64 bits per heavy atom. The molecule has 1 unspecified atom stereocenters. The summed E-state index contributed by atoms with van der Waals surface area (Å²) in [4.78, 5) is 58.5. The fourth-order valence-electron chi connectivity index (χ4n) is 12.6. The molecule has 16 heteroatoms. The lowest BCUT2D eigenvalue weighted by Gasteiger charge is -2.52. The number of sulfone groups is 1. The van der Waals surface area contributed by atoms with Crippen LogP contribution in [0.15, 0.2) is 41.4 Å². The van der Waals surface area contributed by atoms with E-state index < -0.39 is 21.3 Å². The highest BCUT2D eigenvalue weighted by atomic mass is 32.2. The summed E-state index contributed by atoms with van der Waals surface area (Å²) >= 11 is 0. The SMILES string of the molecule is Cc1cc(S(=O)(=O)C2CC3(CCN(CC4CCN(c5ccc6c(c5F)N(C)CN6C5CCC(=O)NC5=O)CC4)CC3)C2)ccc1Nc1ncc2c(n1)N(C1CCCC1)C(=O)C21CCC1. The van der Waals surface area contributed by atoms with Crippen molar-refractivity contribution in [2.75, 3.05) is 71.4 Å². The summed E-state index contributed by atoms with van der Waals surface area (Å²) in [6.45, 7) is 6.81. The van der Waals surface area contributed by atoms with Gasteiger partial charge in [-0.05, 0) is 138 Å². The van der Waals surface area contributed by atoms with Crippen LogP contribution in [0.5, 0.6) is 0 Å². The molecular formula is C48H60FN9O5S. The van der Waals surface area contributed by atoms with Crippen LogP contribution in [0.25, 0.3) is 0 Å². The number of anilines is 6. The summed E-state index contributed by atoms with van der Waals surface area (Å²) in [5.74, 6) is 1.04. The van der Waals surface area contributed by atoms with Crippen LogP contribution in [0.4, 0.5) is 38.9 Å². The number of aryl methyl sites for hydroxylation is 1. The van der Waals surface area contributed by atoms with Gasteiger partial charge in [0.25, 0.3) is 0 Å². The molecule has 2 N–H and O–H groups in total. The second kappa shape index (κ2) is 15.7. The number of piperidine rings is 3. The van der Waals surface area contributed by atoms with Crippen molar-refractivity contribution in [3.05, 3.63) is 53.5 Å². The van der Waals surface area contributed by atoms with Gasteiger partial charge in [0, 0.05) is 56.6 Å². The number of amides is 3. The number of nitrogens with zero attached hydrogens (tertiary/aromatic N) is 7. The Morgan fingerprint density at radius 1 is 0.906 bits per heavy atom. The molecule has 1 atom stereocenters. The Bertz CT molecular complexity index is 2500. The second-order valence-corrected chi connectivity index (χ2v) is 22.7. The van der Waals surface area contributed by atoms with Crippen molar-refractivity contribution in [2.45, 2.75) is 131 Å². The highest BCUT2D eigenvalue weighted by molar-refractivity contribution is 7.92. The molecule has 0 bridgehead atoms. The molecule has 6 fully saturated rings. The van der Waals surface area contributed by atoms with E-state index in [1.54, 1.807) is 12.1 Å². The fourth-order valence-corrected chi connectivity index (χ4v) is 14.8. The van der Waals surface area contributed by atoms with E-state index >= 15 is 4.39 Å². The smallest absolute Gasteiger partial charge is 0.249 e. The number of hydrogen-bond acceptors (Lipinski definition) is 12. The largest absolute Gasteiger partial charge is 0.369 e. The molecule has 3 saturated heterocycles. The minimum Gasteiger partial charge on any atom is -0.369 e. The number of carbonyl (C=O) groups excluding carboxylic acids is 3. The maximum absolute atomic E-state index is 16.2. The number of fused-ring (bicyclic) bond motifs is 3. The number of carbonyl (C=O) groups is 3. The first-order valence-corrected chi connectivity index (χ1v) is 25.3. The van der Waals surface area contributed by atoms with E-state index in [1.807, 2.05) is 53.1 Å². The van der Waals surface area contributed by atoms with E-state index in [0.29, 0.717) is 59.8 Å². The summed E-state index contributed by atoms with van der Waals surface area (Å²) in [5.41, 5.74) is 3.94. The van der Waals surface area contributed by atoms with Crippen LogP contribution < -0.4 is 30.2 Å². The third-order valence-electron chi connectivity index (χ3n) is 16.7. The summed E-state index contributed by atoms with van der Waals surface area (Å²) in [6, 6.07) is 8.77. The van der Waals surface area contributed by atoms with Crippen LogP contribution in [0.2, 0.25) is 0 Å². The van der Waals surface area contributed by atoms with Gasteiger partial charge in [0.05, 0.1) is 33.6 Å². The molecule has 11 rings (SSSR count). The minimum atomic E-state index is -3.50. The van der Waals surface area contributed by atoms with Gasteiger partial charge in [-0.25, -0.2) is 17.8 Å². The van der Waals surface area contributed by atoms with Crippen LogP contribution in [-0.4, -0.2) is 105 Å². The Morgan fingerprint density at radius 3 is 2.33 bits per heavy atom. The molecule has 1 aromatic heterocycles. The Balaban J connectivity index is 0.667. The van der Waals surface area contributed by atoms with Crippen molar-refractivity contribution in [2.24, 2.45) is 11.3 Å². The number of nitrogens with one attached hydrogen (secondary N) is 2. The first-order chi connectivity index (χ1) is 30.8. The Kier molecular flexibility index (Phi) is 10.2. The third kappa shape index (κ3) is 6.86. The number of aromatic nitrogens is 2. The lowest BCUT2D eigenvalue weighted by atomic mass is 9.63. The van der Waals surface area contributed by atoms with Gasteiger partial charge in [-0.3, -0.25) is 24.6 Å². The first kappa shape index (κ1) is 41.8. The molecule has 3 saturated carbocycles. The third-order valence-corrected chi connectivity index (χ3v) is 18.8. The quantitative estimate of drug-likeness (QED) is 0.231. The van der Waals surface area contributed by atoms with Crippen molar-refractivity contribution < 1.29 is 27.2 Å². The highest BCUT2D eigenvalue weighted by Crippen LogP contribution is 2.55. The van der Waals surface area contributed by atoms with Crippen molar-refractivity contribution >= 4 is 62.1 Å². The minimum absolute atomic E-state index is 0.0803. The molecule has 3 aliphatic carbocycles. The van der Waals surface area contributed by atoms with Gasteiger partial charge in [0.1, 0.15) is 17.5 Å². The second-order valence-electron chi connectivity index (χ2n) is 20.4. The zero-order chi connectivity index (χ0) is 44.1. The lowest BCUT2D eigenvalue weighted by Crippen LogP contribution is -2.53. The van der Waals surface area contributed by atoms with Gasteiger partial charge < -0.3 is 24.9 Å². The zero-order valence-electron chi connectivity index (χ0n) is 37.1. The molecule has 2 spiro atoms. The molecule has 14 nitrogen and oxygen atoms in total. The Hall–Kier alpha value is -4.83. The summed E-state index contributed by atoms with van der Waals surface area (Å²) in [6.07, 6.45) is 14.9. The number of benzene rings is 2. The normalized spacial score (nSPS) is 24.9. The van der Waals surface area contributed by atoms with Crippen LogP contribution in [0.3, 0.4) is 0 Å². The summed E-state index contributed by atoms with van der Waals surface area (Å²) in [5, 5.41) is 5.40. The topological polar surface area (TPSA) is 151 Å². The van der Waals surface area contributed by atoms with Crippen molar-refractivity contribution in [3.8, 4) is 0 Å². The summed E-state index contributed by atoms with van der Waals surface area (Å²) < 4.78 is 44.1. The van der Waals surface area contributed by atoms with E-state index in [-0.39, 0.29) is 46.7 Å². The average Bonchev–Trinajstić information content (AvgIpc) is 3.96. The summed E-state index contributed by atoms with van der Waals surface area (Å²) in [7, 11) is -1.65. The molecule has 8 aliphatic rings. The lowest BCUT2D eigenvalue weighted by molar-refractivity contribution is -0.134. The van der Waals surface area contributed by atoms with Crippen LogP contribution in [0, 0.1) is 24.1 Å². The molecule has 340 valence electrons. The maximum atomic E-state index is 16.2. The van der Waals surface area contributed by atoms with E-state index in [0.717, 1.165) is 126 Å². The van der Waals surface area contributed by atoms with Crippen LogP contribution in [0.1, 0.15) is 107 Å². The monoisotopic (exact) mass is 893 g/mol.